The van der Waals surface area contributed by atoms with Crippen molar-refractivity contribution >= 4 is 33.0 Å². The molecular weight excluding hydrogens is 348 g/mol. The third-order valence-corrected chi connectivity index (χ3v) is 7.68. The summed E-state index contributed by atoms with van der Waals surface area (Å²) in [6.07, 6.45) is 2.00. The molecule has 0 aromatic carbocycles. The number of rotatable bonds is 6. The summed E-state index contributed by atoms with van der Waals surface area (Å²) in [6, 6.07) is 2.05. The van der Waals surface area contributed by atoms with Crippen molar-refractivity contribution in [2.45, 2.75) is 37.9 Å². The van der Waals surface area contributed by atoms with Crippen LogP contribution < -0.4 is 5.32 Å². The van der Waals surface area contributed by atoms with Crippen molar-refractivity contribution in [3.63, 3.8) is 0 Å². The molecule has 1 N–H and O–H groups in total. The van der Waals surface area contributed by atoms with E-state index in [1.807, 2.05) is 18.4 Å². The predicted octanol–water partition coefficient (Wildman–Crippen LogP) is 1.14. The van der Waals surface area contributed by atoms with Crippen LogP contribution in [0.2, 0.25) is 0 Å². The fourth-order valence-corrected chi connectivity index (χ4v) is 5.46. The van der Waals surface area contributed by atoms with Gasteiger partial charge in [-0.25, -0.2) is 8.42 Å². The van der Waals surface area contributed by atoms with Crippen molar-refractivity contribution in [2.24, 2.45) is 0 Å². The number of sulfone groups is 1. The molecule has 1 aromatic heterocycles. The lowest BCUT2D eigenvalue weighted by atomic mass is 10.1. The Bertz CT molecular complexity index is 689. The first-order valence-corrected chi connectivity index (χ1v) is 10.7. The van der Waals surface area contributed by atoms with E-state index in [2.05, 4.69) is 5.32 Å². The minimum Gasteiger partial charge on any atom is -0.358 e. The van der Waals surface area contributed by atoms with Gasteiger partial charge >= 0.3 is 0 Å². The molecule has 1 saturated heterocycles. The molecule has 1 fully saturated rings. The van der Waals surface area contributed by atoms with E-state index in [9.17, 15) is 18.0 Å². The largest absolute Gasteiger partial charge is 0.358 e. The molecule has 1 aromatic rings. The monoisotopic (exact) mass is 372 g/mol. The minimum atomic E-state index is -3.45. The van der Waals surface area contributed by atoms with Crippen LogP contribution in [0.15, 0.2) is 11.4 Å². The van der Waals surface area contributed by atoms with Crippen molar-refractivity contribution in [3.8, 4) is 0 Å². The Hall–Kier alpha value is -1.41. The molecule has 1 aliphatic rings. The Morgan fingerprint density at radius 1 is 1.33 bits per heavy atom. The predicted molar refractivity (Wildman–Crippen MR) is 94.8 cm³/mol. The average molecular weight is 373 g/mol. The quantitative estimate of drug-likeness (QED) is 0.812. The molecule has 2 rings (SSSR count). The maximum atomic E-state index is 12.3. The van der Waals surface area contributed by atoms with Crippen molar-refractivity contribution in [2.75, 3.05) is 25.9 Å². The SMILES string of the molecule is CNC(=O)CS(=O)(=O)C1CCN(C(=O)CCc2sccc2C)CC1. The summed E-state index contributed by atoms with van der Waals surface area (Å²) >= 11 is 1.66. The number of hydrogen-bond acceptors (Lipinski definition) is 5. The summed E-state index contributed by atoms with van der Waals surface area (Å²) in [4.78, 5) is 26.6. The van der Waals surface area contributed by atoms with E-state index in [4.69, 9.17) is 0 Å². The van der Waals surface area contributed by atoms with Gasteiger partial charge in [0.2, 0.25) is 11.8 Å². The molecule has 0 spiro atoms. The molecule has 134 valence electrons. The Morgan fingerprint density at radius 3 is 2.54 bits per heavy atom. The van der Waals surface area contributed by atoms with Crippen LogP contribution in [-0.4, -0.2) is 56.3 Å². The fourth-order valence-electron chi connectivity index (χ4n) is 2.88. The second kappa shape index (κ2) is 8.11. The second-order valence-electron chi connectivity index (χ2n) is 6.09. The van der Waals surface area contributed by atoms with Gasteiger partial charge in [0.05, 0.1) is 5.25 Å². The zero-order valence-electron chi connectivity index (χ0n) is 14.1. The summed E-state index contributed by atoms with van der Waals surface area (Å²) in [5.74, 6) is -0.885. The summed E-state index contributed by atoms with van der Waals surface area (Å²) in [7, 11) is -2.02. The highest BCUT2D eigenvalue weighted by Gasteiger charge is 2.32. The van der Waals surface area contributed by atoms with Crippen molar-refractivity contribution in [1.82, 2.24) is 10.2 Å². The Labute approximate surface area is 147 Å². The molecular formula is C16H24N2O4S2. The lowest BCUT2D eigenvalue weighted by molar-refractivity contribution is -0.132. The van der Waals surface area contributed by atoms with Gasteiger partial charge in [-0.3, -0.25) is 9.59 Å². The van der Waals surface area contributed by atoms with Gasteiger partial charge in [0.25, 0.3) is 0 Å². The highest BCUT2D eigenvalue weighted by molar-refractivity contribution is 7.92. The molecule has 2 heterocycles. The van der Waals surface area contributed by atoms with Crippen molar-refractivity contribution < 1.29 is 18.0 Å². The number of thiophene rings is 1. The number of aryl methyl sites for hydroxylation is 2. The summed E-state index contributed by atoms with van der Waals surface area (Å²) in [6.45, 7) is 2.93. The topological polar surface area (TPSA) is 83.6 Å². The third-order valence-electron chi connectivity index (χ3n) is 4.45. The molecule has 0 saturated carbocycles. The van der Waals surface area contributed by atoms with Crippen LogP contribution >= 0.6 is 11.3 Å². The van der Waals surface area contributed by atoms with E-state index in [0.717, 1.165) is 6.42 Å². The number of likely N-dealkylation sites (tertiary alicyclic amines) is 1. The summed E-state index contributed by atoms with van der Waals surface area (Å²) in [5, 5.41) is 3.84. The van der Waals surface area contributed by atoms with Gasteiger partial charge in [0, 0.05) is 31.4 Å². The van der Waals surface area contributed by atoms with E-state index in [1.54, 1.807) is 16.2 Å². The first-order chi connectivity index (χ1) is 11.3. The van der Waals surface area contributed by atoms with Crippen LogP contribution in [0, 0.1) is 6.92 Å². The van der Waals surface area contributed by atoms with Gasteiger partial charge in [-0.2, -0.15) is 0 Å². The third kappa shape index (κ3) is 4.80. The lowest BCUT2D eigenvalue weighted by Crippen LogP contribution is -2.44. The molecule has 24 heavy (non-hydrogen) atoms. The van der Waals surface area contributed by atoms with E-state index in [-0.39, 0.29) is 5.91 Å². The number of carbonyl (C=O) groups is 2. The highest BCUT2D eigenvalue weighted by Crippen LogP contribution is 2.21. The number of hydrogen-bond donors (Lipinski definition) is 1. The molecule has 8 heteroatoms. The van der Waals surface area contributed by atoms with Crippen LogP contribution in [0.3, 0.4) is 0 Å². The van der Waals surface area contributed by atoms with Crippen molar-refractivity contribution in [1.29, 1.82) is 0 Å². The van der Waals surface area contributed by atoms with Gasteiger partial charge in [-0.15, -0.1) is 11.3 Å². The first kappa shape index (κ1) is 18.9. The maximum Gasteiger partial charge on any atom is 0.234 e. The first-order valence-electron chi connectivity index (χ1n) is 8.06. The van der Waals surface area contributed by atoms with Gasteiger partial charge in [0.15, 0.2) is 9.84 Å². The molecule has 0 radical (unpaired) electrons. The second-order valence-corrected chi connectivity index (χ2v) is 9.37. The molecule has 1 aliphatic heterocycles. The maximum absolute atomic E-state index is 12.3. The summed E-state index contributed by atoms with van der Waals surface area (Å²) < 4.78 is 24.4. The molecule has 6 nitrogen and oxygen atoms in total. The molecule has 0 aliphatic carbocycles. The lowest BCUT2D eigenvalue weighted by Gasteiger charge is -2.31. The van der Waals surface area contributed by atoms with Crippen LogP contribution in [0.4, 0.5) is 0 Å². The van der Waals surface area contributed by atoms with Gasteiger partial charge in [-0.1, -0.05) is 0 Å². The number of nitrogens with one attached hydrogen (secondary N) is 1. The van der Waals surface area contributed by atoms with Crippen LogP contribution in [-0.2, 0) is 25.8 Å². The van der Waals surface area contributed by atoms with E-state index >= 15 is 0 Å². The minimum absolute atomic E-state index is 0.0740. The summed E-state index contributed by atoms with van der Waals surface area (Å²) in [5.41, 5.74) is 1.21. The van der Waals surface area contributed by atoms with E-state index in [0.29, 0.717) is 32.4 Å². The van der Waals surface area contributed by atoms with Gasteiger partial charge in [-0.05, 0) is 43.2 Å². The van der Waals surface area contributed by atoms with E-state index in [1.165, 1.54) is 17.5 Å². The zero-order valence-corrected chi connectivity index (χ0v) is 15.7. The van der Waals surface area contributed by atoms with Gasteiger partial charge < -0.3 is 10.2 Å². The number of nitrogens with zero attached hydrogens (tertiary/aromatic N) is 1. The highest BCUT2D eigenvalue weighted by atomic mass is 32.2. The Kier molecular flexibility index (Phi) is 6.40. The normalized spacial score (nSPS) is 16.2. The van der Waals surface area contributed by atoms with Gasteiger partial charge in [0.1, 0.15) is 5.75 Å². The fraction of sp³-hybridized carbons (Fsp3) is 0.625. The van der Waals surface area contributed by atoms with Crippen LogP contribution in [0.5, 0.6) is 0 Å². The van der Waals surface area contributed by atoms with E-state index < -0.39 is 26.7 Å². The zero-order chi connectivity index (χ0) is 17.7. The standard InChI is InChI=1S/C16H24N2O4S2/c1-12-7-10-23-14(12)3-4-16(20)18-8-5-13(6-9-18)24(21,22)11-15(19)17-2/h7,10,13H,3-6,8-9,11H2,1-2H3,(H,17,19). The Balaban J connectivity index is 1.82. The van der Waals surface area contributed by atoms with Crippen LogP contribution in [0.25, 0.3) is 0 Å². The number of amides is 2. The molecule has 0 atom stereocenters. The molecule has 0 bridgehead atoms. The molecule has 0 unspecified atom stereocenters. The van der Waals surface area contributed by atoms with Crippen molar-refractivity contribution in [3.05, 3.63) is 21.9 Å². The molecule has 2 amide bonds. The average Bonchev–Trinajstić information content (AvgIpc) is 2.97. The Morgan fingerprint density at radius 2 is 2.00 bits per heavy atom. The number of carbonyl (C=O) groups excluding carboxylic acids is 2. The number of piperidine rings is 1. The van der Waals surface area contributed by atoms with Crippen LogP contribution in [0.1, 0.15) is 29.7 Å². The smallest absolute Gasteiger partial charge is 0.234 e.